The van der Waals surface area contributed by atoms with Crippen molar-refractivity contribution in [3.05, 3.63) is 29.8 Å². The maximum absolute atomic E-state index is 12.6. The number of rotatable bonds is 4. The average Bonchev–Trinajstić information content (AvgIpc) is 3.04. The quantitative estimate of drug-likeness (QED) is 0.914. The zero-order valence-corrected chi connectivity index (χ0v) is 13.7. The molecule has 3 fully saturated rings. The summed E-state index contributed by atoms with van der Waals surface area (Å²) in [6.45, 7) is 2.36. The second-order valence-electron chi connectivity index (χ2n) is 7.23. The van der Waals surface area contributed by atoms with Gasteiger partial charge in [-0.3, -0.25) is 14.6 Å². The smallest absolute Gasteiger partial charge is 0.247 e. The Bertz CT molecular complexity index is 597. The summed E-state index contributed by atoms with van der Waals surface area (Å²) in [7, 11) is 1.77. The Morgan fingerprint density at radius 2 is 2.04 bits per heavy atom. The largest absolute Gasteiger partial charge is 0.384 e. The molecule has 1 aliphatic carbocycles. The molecule has 5 heteroatoms. The van der Waals surface area contributed by atoms with Crippen molar-refractivity contribution in [3.8, 4) is 0 Å². The first-order valence-electron chi connectivity index (χ1n) is 8.55. The van der Waals surface area contributed by atoms with Crippen LogP contribution in [0.5, 0.6) is 0 Å². The lowest BCUT2D eigenvalue weighted by atomic mass is 9.65. The van der Waals surface area contributed by atoms with Gasteiger partial charge in [0.15, 0.2) is 0 Å². The van der Waals surface area contributed by atoms with Gasteiger partial charge in [0.25, 0.3) is 0 Å². The number of ether oxygens (including phenoxy) is 1. The van der Waals surface area contributed by atoms with Crippen LogP contribution < -0.4 is 10.6 Å². The molecular formula is C18H25N3O2. The highest BCUT2D eigenvalue weighted by atomic mass is 16.5. The van der Waals surface area contributed by atoms with E-state index in [1.807, 2.05) is 4.90 Å². The SMILES string of the molecule is COCC1(c2ccc(N3CN4CC[C@@H](N)[C@H]4C3=O)cc2)CCC1. The molecule has 0 unspecified atom stereocenters. The van der Waals surface area contributed by atoms with Gasteiger partial charge in [-0.2, -0.15) is 0 Å². The minimum atomic E-state index is -0.124. The van der Waals surface area contributed by atoms with Crippen LogP contribution in [0.25, 0.3) is 0 Å². The van der Waals surface area contributed by atoms with Crippen LogP contribution in [0.15, 0.2) is 24.3 Å². The Balaban J connectivity index is 1.54. The molecular weight excluding hydrogens is 290 g/mol. The van der Waals surface area contributed by atoms with Crippen LogP contribution in [-0.2, 0) is 14.9 Å². The molecule has 1 amide bonds. The lowest BCUT2D eigenvalue weighted by molar-refractivity contribution is -0.119. The molecule has 1 aromatic carbocycles. The summed E-state index contributed by atoms with van der Waals surface area (Å²) in [6.07, 6.45) is 4.56. The summed E-state index contributed by atoms with van der Waals surface area (Å²) in [5.74, 6) is 0.151. The number of amides is 1. The summed E-state index contributed by atoms with van der Waals surface area (Å²) in [6, 6.07) is 8.36. The number of hydrogen-bond donors (Lipinski definition) is 1. The van der Waals surface area contributed by atoms with Crippen molar-refractivity contribution in [1.82, 2.24) is 4.90 Å². The van der Waals surface area contributed by atoms with E-state index in [1.54, 1.807) is 7.11 Å². The predicted molar refractivity (Wildman–Crippen MR) is 89.3 cm³/mol. The van der Waals surface area contributed by atoms with Crippen molar-refractivity contribution in [2.75, 3.05) is 31.8 Å². The molecule has 0 radical (unpaired) electrons. The number of methoxy groups -OCH3 is 1. The van der Waals surface area contributed by atoms with Gasteiger partial charge in [0, 0.05) is 30.8 Å². The highest BCUT2D eigenvalue weighted by Crippen LogP contribution is 2.44. The van der Waals surface area contributed by atoms with Crippen molar-refractivity contribution in [3.63, 3.8) is 0 Å². The highest BCUT2D eigenvalue weighted by Gasteiger charge is 2.46. The van der Waals surface area contributed by atoms with Gasteiger partial charge in [-0.1, -0.05) is 18.6 Å². The highest BCUT2D eigenvalue weighted by molar-refractivity contribution is 6.00. The molecule has 23 heavy (non-hydrogen) atoms. The first kappa shape index (κ1) is 15.1. The van der Waals surface area contributed by atoms with Gasteiger partial charge in [-0.15, -0.1) is 0 Å². The molecule has 1 aromatic rings. The summed E-state index contributed by atoms with van der Waals surface area (Å²) in [4.78, 5) is 16.7. The Morgan fingerprint density at radius 1 is 1.30 bits per heavy atom. The number of benzene rings is 1. The minimum Gasteiger partial charge on any atom is -0.384 e. The van der Waals surface area contributed by atoms with Gasteiger partial charge in [0.2, 0.25) is 5.91 Å². The van der Waals surface area contributed by atoms with E-state index in [-0.39, 0.29) is 23.4 Å². The number of nitrogens with zero attached hydrogens (tertiary/aromatic N) is 2. The fourth-order valence-electron chi connectivity index (χ4n) is 4.39. The van der Waals surface area contributed by atoms with E-state index >= 15 is 0 Å². The van der Waals surface area contributed by atoms with Crippen LogP contribution in [0.1, 0.15) is 31.2 Å². The number of anilines is 1. The maximum Gasteiger partial charge on any atom is 0.247 e. The molecule has 2 aliphatic heterocycles. The van der Waals surface area contributed by atoms with Crippen molar-refractivity contribution < 1.29 is 9.53 Å². The summed E-state index contributed by atoms with van der Waals surface area (Å²) in [5.41, 5.74) is 8.58. The second kappa shape index (κ2) is 5.58. The molecule has 2 saturated heterocycles. The normalized spacial score (nSPS) is 29.7. The van der Waals surface area contributed by atoms with Gasteiger partial charge in [-0.25, -0.2) is 0 Å². The number of fused-ring (bicyclic) bond motifs is 1. The molecule has 4 rings (SSSR count). The third-order valence-corrected chi connectivity index (χ3v) is 5.91. The molecule has 2 atom stereocenters. The molecule has 2 heterocycles. The first-order valence-corrected chi connectivity index (χ1v) is 8.55. The van der Waals surface area contributed by atoms with Crippen molar-refractivity contribution in [2.24, 2.45) is 5.73 Å². The van der Waals surface area contributed by atoms with Crippen LogP contribution in [0, 0.1) is 0 Å². The van der Waals surface area contributed by atoms with Gasteiger partial charge in [0.05, 0.1) is 13.3 Å². The lowest BCUT2D eigenvalue weighted by Gasteiger charge is -2.42. The molecule has 3 aliphatic rings. The summed E-state index contributed by atoms with van der Waals surface area (Å²) >= 11 is 0. The molecule has 0 aromatic heterocycles. The van der Waals surface area contributed by atoms with Gasteiger partial charge in [0.1, 0.15) is 6.04 Å². The predicted octanol–water partition coefficient (Wildman–Crippen LogP) is 1.46. The third kappa shape index (κ3) is 2.30. The number of carbonyl (C=O) groups is 1. The Hall–Kier alpha value is -1.43. The van der Waals surface area contributed by atoms with E-state index in [9.17, 15) is 4.79 Å². The Kier molecular flexibility index (Phi) is 3.67. The number of hydrogen-bond acceptors (Lipinski definition) is 4. The number of carbonyl (C=O) groups excluding carboxylic acids is 1. The summed E-state index contributed by atoms with van der Waals surface area (Å²) < 4.78 is 5.43. The van der Waals surface area contributed by atoms with E-state index in [2.05, 4.69) is 29.2 Å². The molecule has 1 saturated carbocycles. The Labute approximate surface area is 137 Å². The second-order valence-corrected chi connectivity index (χ2v) is 7.23. The fraction of sp³-hybridized carbons (Fsp3) is 0.611. The maximum atomic E-state index is 12.6. The van der Waals surface area contributed by atoms with E-state index in [4.69, 9.17) is 10.5 Å². The van der Waals surface area contributed by atoms with E-state index in [0.717, 1.165) is 25.3 Å². The van der Waals surface area contributed by atoms with Crippen LogP contribution >= 0.6 is 0 Å². The van der Waals surface area contributed by atoms with Crippen LogP contribution in [0.2, 0.25) is 0 Å². The topological polar surface area (TPSA) is 58.8 Å². The zero-order chi connectivity index (χ0) is 16.0. The fourth-order valence-corrected chi connectivity index (χ4v) is 4.39. The van der Waals surface area contributed by atoms with E-state index in [0.29, 0.717) is 6.67 Å². The summed E-state index contributed by atoms with van der Waals surface area (Å²) in [5, 5.41) is 0. The van der Waals surface area contributed by atoms with Crippen LogP contribution in [-0.4, -0.2) is 49.8 Å². The number of nitrogens with two attached hydrogens (primary N) is 1. The van der Waals surface area contributed by atoms with Gasteiger partial charge < -0.3 is 10.5 Å². The molecule has 124 valence electrons. The van der Waals surface area contributed by atoms with Crippen molar-refractivity contribution in [2.45, 2.75) is 43.2 Å². The standard InChI is InChI=1S/C18H25N3O2/c1-23-11-18(8-2-9-18)13-3-5-14(6-4-13)21-12-20-10-7-15(19)16(20)17(21)22/h3-6,15-16H,2,7-12,19H2,1H3/t15-,16+/m1/s1. The molecule has 2 N–H and O–H groups in total. The van der Waals surface area contributed by atoms with Crippen LogP contribution in [0.3, 0.4) is 0 Å². The van der Waals surface area contributed by atoms with Crippen LogP contribution in [0.4, 0.5) is 5.69 Å². The van der Waals surface area contributed by atoms with Gasteiger partial charge in [-0.05, 0) is 37.0 Å². The minimum absolute atomic E-state index is 0.0216. The zero-order valence-electron chi connectivity index (χ0n) is 13.7. The average molecular weight is 315 g/mol. The van der Waals surface area contributed by atoms with E-state index < -0.39 is 0 Å². The lowest BCUT2D eigenvalue weighted by Crippen LogP contribution is -2.41. The molecule has 0 spiro atoms. The molecule has 0 bridgehead atoms. The first-order chi connectivity index (χ1) is 11.1. The monoisotopic (exact) mass is 315 g/mol. The van der Waals surface area contributed by atoms with E-state index in [1.165, 1.54) is 24.8 Å². The third-order valence-electron chi connectivity index (χ3n) is 5.91. The van der Waals surface area contributed by atoms with Gasteiger partial charge >= 0.3 is 0 Å². The van der Waals surface area contributed by atoms with Crippen molar-refractivity contribution in [1.29, 1.82) is 0 Å². The van der Waals surface area contributed by atoms with Crippen molar-refractivity contribution >= 4 is 11.6 Å². The molecule has 5 nitrogen and oxygen atoms in total. The Morgan fingerprint density at radius 3 is 2.61 bits per heavy atom.